The third-order valence-corrected chi connectivity index (χ3v) is 2.40. The van der Waals surface area contributed by atoms with Crippen molar-refractivity contribution in [2.24, 2.45) is 5.73 Å². The quantitative estimate of drug-likeness (QED) is 0.905. The number of nitrogens with two attached hydrogens (primary N) is 1. The summed E-state index contributed by atoms with van der Waals surface area (Å²) in [7, 11) is 3.60. The lowest BCUT2D eigenvalue weighted by Gasteiger charge is -2.25. The van der Waals surface area contributed by atoms with Gasteiger partial charge in [-0.2, -0.15) is 13.2 Å². The Morgan fingerprint density at radius 2 is 1.89 bits per heavy atom. The van der Waals surface area contributed by atoms with Gasteiger partial charge < -0.3 is 15.4 Å². The predicted molar refractivity (Wildman–Crippen MR) is 64.9 cm³/mol. The average Bonchev–Trinajstić information content (AvgIpc) is 2.24. The van der Waals surface area contributed by atoms with E-state index in [0.717, 1.165) is 5.69 Å². The second-order valence-electron chi connectivity index (χ2n) is 4.33. The third-order valence-electron chi connectivity index (χ3n) is 2.40. The minimum absolute atomic E-state index is 0.154. The molecule has 0 heterocycles. The van der Waals surface area contributed by atoms with Crippen molar-refractivity contribution < 1.29 is 17.9 Å². The zero-order valence-corrected chi connectivity index (χ0v) is 10.5. The van der Waals surface area contributed by atoms with Crippen molar-refractivity contribution in [2.75, 3.05) is 19.0 Å². The molecule has 0 fully saturated rings. The highest BCUT2D eigenvalue weighted by atomic mass is 19.4. The molecule has 0 aliphatic heterocycles. The first-order valence-electron chi connectivity index (χ1n) is 5.48. The van der Waals surface area contributed by atoms with Crippen molar-refractivity contribution in [3.05, 3.63) is 24.3 Å². The Labute approximate surface area is 104 Å². The Hall–Kier alpha value is -1.43. The van der Waals surface area contributed by atoms with Crippen LogP contribution in [0.25, 0.3) is 0 Å². The molecule has 0 amide bonds. The molecule has 0 spiro atoms. The summed E-state index contributed by atoms with van der Waals surface area (Å²) in [5.41, 5.74) is 6.08. The van der Waals surface area contributed by atoms with Crippen LogP contribution in [-0.2, 0) is 0 Å². The number of anilines is 1. The summed E-state index contributed by atoms with van der Waals surface area (Å²) in [6.45, 7) is 1.27. The van der Waals surface area contributed by atoms with Crippen LogP contribution >= 0.6 is 0 Å². The summed E-state index contributed by atoms with van der Waals surface area (Å²) < 4.78 is 43.1. The summed E-state index contributed by atoms with van der Waals surface area (Å²) in [4.78, 5) is 1.78. The monoisotopic (exact) mass is 262 g/mol. The Kier molecular flexibility index (Phi) is 4.45. The molecule has 1 rings (SSSR count). The van der Waals surface area contributed by atoms with E-state index in [2.05, 4.69) is 0 Å². The van der Waals surface area contributed by atoms with Crippen LogP contribution < -0.4 is 15.4 Å². The summed E-state index contributed by atoms with van der Waals surface area (Å²) in [6, 6.07) is 5.31. The minimum Gasteiger partial charge on any atom is -0.479 e. The molecule has 0 bridgehead atoms. The molecule has 0 aromatic heterocycles. The van der Waals surface area contributed by atoms with Gasteiger partial charge in [-0.3, -0.25) is 0 Å². The first kappa shape index (κ1) is 14.6. The van der Waals surface area contributed by atoms with Crippen molar-refractivity contribution in [3.8, 4) is 5.75 Å². The lowest BCUT2D eigenvalue weighted by Crippen LogP contribution is -2.47. The van der Waals surface area contributed by atoms with Gasteiger partial charge in [0.25, 0.3) is 0 Å². The van der Waals surface area contributed by atoms with E-state index >= 15 is 0 Å². The Balaban J connectivity index is 2.91. The maximum Gasteiger partial charge on any atom is 0.426 e. The molecule has 2 N–H and O–H groups in total. The number of halogens is 3. The van der Waals surface area contributed by atoms with Crippen molar-refractivity contribution in [1.82, 2.24) is 0 Å². The maximum atomic E-state index is 12.7. The van der Waals surface area contributed by atoms with Crippen LogP contribution in [0.1, 0.15) is 6.92 Å². The molecule has 0 aliphatic rings. The third kappa shape index (κ3) is 3.80. The largest absolute Gasteiger partial charge is 0.479 e. The molecule has 0 aliphatic carbocycles. The standard InChI is InChI=1S/C12H17F3N2O/c1-8(16)11(12(13,14)15)18-10-6-4-5-9(7-10)17(2)3/h4-8,11H,16H2,1-3H3. The van der Waals surface area contributed by atoms with Crippen LogP contribution in [0.4, 0.5) is 18.9 Å². The van der Waals surface area contributed by atoms with E-state index in [1.54, 1.807) is 37.2 Å². The van der Waals surface area contributed by atoms with Gasteiger partial charge in [0, 0.05) is 31.9 Å². The molecule has 3 nitrogen and oxygen atoms in total. The summed E-state index contributed by atoms with van der Waals surface area (Å²) in [5, 5.41) is 0. The first-order chi connectivity index (χ1) is 8.21. The molecule has 1 aromatic carbocycles. The summed E-state index contributed by atoms with van der Waals surface area (Å²) in [5.74, 6) is 0.154. The highest BCUT2D eigenvalue weighted by Crippen LogP contribution is 2.28. The highest BCUT2D eigenvalue weighted by molar-refractivity contribution is 5.49. The van der Waals surface area contributed by atoms with E-state index in [4.69, 9.17) is 10.5 Å². The van der Waals surface area contributed by atoms with Crippen molar-refractivity contribution in [3.63, 3.8) is 0 Å². The van der Waals surface area contributed by atoms with E-state index in [1.807, 2.05) is 0 Å². The number of nitrogens with zero attached hydrogens (tertiary/aromatic N) is 1. The molecule has 6 heteroatoms. The number of rotatable bonds is 4. The van der Waals surface area contributed by atoms with Gasteiger partial charge in [0.05, 0.1) is 0 Å². The van der Waals surface area contributed by atoms with E-state index in [0.29, 0.717) is 0 Å². The fraction of sp³-hybridized carbons (Fsp3) is 0.500. The Morgan fingerprint density at radius 1 is 1.28 bits per heavy atom. The zero-order chi connectivity index (χ0) is 13.9. The van der Waals surface area contributed by atoms with Crippen LogP contribution in [0.3, 0.4) is 0 Å². The minimum atomic E-state index is -4.48. The van der Waals surface area contributed by atoms with Gasteiger partial charge >= 0.3 is 6.18 Å². The Bertz CT molecular complexity index is 391. The fourth-order valence-corrected chi connectivity index (χ4v) is 1.45. The number of hydrogen-bond acceptors (Lipinski definition) is 3. The molecule has 18 heavy (non-hydrogen) atoms. The van der Waals surface area contributed by atoms with Gasteiger partial charge in [-0.05, 0) is 19.1 Å². The summed E-state index contributed by atoms with van der Waals surface area (Å²) >= 11 is 0. The molecule has 0 saturated heterocycles. The van der Waals surface area contributed by atoms with Crippen LogP contribution in [0, 0.1) is 0 Å². The topological polar surface area (TPSA) is 38.5 Å². The van der Waals surface area contributed by atoms with Crippen LogP contribution in [0.5, 0.6) is 5.75 Å². The van der Waals surface area contributed by atoms with Gasteiger partial charge in [0.1, 0.15) is 5.75 Å². The van der Waals surface area contributed by atoms with Gasteiger partial charge in [0.15, 0.2) is 0 Å². The number of alkyl halides is 3. The van der Waals surface area contributed by atoms with E-state index in [9.17, 15) is 13.2 Å². The van der Waals surface area contributed by atoms with Crippen molar-refractivity contribution in [1.29, 1.82) is 0 Å². The second kappa shape index (κ2) is 5.48. The van der Waals surface area contributed by atoms with Gasteiger partial charge in [-0.25, -0.2) is 0 Å². The molecule has 2 unspecified atom stereocenters. The van der Waals surface area contributed by atoms with Crippen LogP contribution in [0.15, 0.2) is 24.3 Å². The Morgan fingerprint density at radius 3 is 2.33 bits per heavy atom. The van der Waals surface area contributed by atoms with Gasteiger partial charge in [-0.1, -0.05) is 6.07 Å². The SMILES string of the molecule is CC(N)C(Oc1cccc(N(C)C)c1)C(F)(F)F. The second-order valence-corrected chi connectivity index (χ2v) is 4.33. The maximum absolute atomic E-state index is 12.7. The predicted octanol–water partition coefficient (Wildman–Crippen LogP) is 2.41. The lowest BCUT2D eigenvalue weighted by molar-refractivity contribution is -0.199. The van der Waals surface area contributed by atoms with Crippen molar-refractivity contribution in [2.45, 2.75) is 25.2 Å². The average molecular weight is 262 g/mol. The fourth-order valence-electron chi connectivity index (χ4n) is 1.45. The molecule has 0 saturated carbocycles. The van der Waals surface area contributed by atoms with Crippen LogP contribution in [-0.4, -0.2) is 32.4 Å². The summed E-state index contributed by atoms with van der Waals surface area (Å²) in [6.07, 6.45) is -6.49. The normalized spacial score (nSPS) is 15.1. The van der Waals surface area contributed by atoms with E-state index in [1.165, 1.54) is 13.0 Å². The molecule has 2 atom stereocenters. The smallest absolute Gasteiger partial charge is 0.426 e. The van der Waals surface area contributed by atoms with E-state index < -0.39 is 18.3 Å². The highest BCUT2D eigenvalue weighted by Gasteiger charge is 2.44. The first-order valence-corrected chi connectivity index (χ1v) is 5.48. The molecular weight excluding hydrogens is 245 g/mol. The van der Waals surface area contributed by atoms with Gasteiger partial charge in [0.2, 0.25) is 6.10 Å². The van der Waals surface area contributed by atoms with Gasteiger partial charge in [-0.15, -0.1) is 0 Å². The zero-order valence-electron chi connectivity index (χ0n) is 10.5. The van der Waals surface area contributed by atoms with E-state index in [-0.39, 0.29) is 5.75 Å². The number of hydrogen-bond donors (Lipinski definition) is 1. The van der Waals surface area contributed by atoms with Crippen LogP contribution in [0.2, 0.25) is 0 Å². The molecular formula is C12H17F3N2O. The molecule has 102 valence electrons. The molecule has 0 radical (unpaired) electrons. The molecule has 1 aromatic rings. The number of benzene rings is 1. The lowest BCUT2D eigenvalue weighted by atomic mass is 10.2. The number of ether oxygens (including phenoxy) is 1. The van der Waals surface area contributed by atoms with Crippen molar-refractivity contribution >= 4 is 5.69 Å².